The van der Waals surface area contributed by atoms with E-state index in [9.17, 15) is 9.59 Å². The van der Waals surface area contributed by atoms with Gasteiger partial charge < -0.3 is 4.74 Å². The molecule has 24 heavy (non-hydrogen) atoms. The highest BCUT2D eigenvalue weighted by Crippen LogP contribution is 2.25. The summed E-state index contributed by atoms with van der Waals surface area (Å²) in [6.07, 6.45) is 11.0. The molecule has 0 N–H and O–H groups in total. The highest BCUT2D eigenvalue weighted by atomic mass is 16.5. The molecule has 3 heteroatoms. The fourth-order valence-corrected chi connectivity index (χ4v) is 3.08. The maximum absolute atomic E-state index is 12.7. The SMILES string of the molecule is COC(=O)C1=CCC=C(C)CCC=C(C)CCC(C(C)C)C(=O)C1. The van der Waals surface area contributed by atoms with Crippen molar-refractivity contribution in [2.75, 3.05) is 7.11 Å². The van der Waals surface area contributed by atoms with Gasteiger partial charge in [0, 0.05) is 17.9 Å². The second-order valence-corrected chi connectivity index (χ2v) is 7.13. The van der Waals surface area contributed by atoms with Gasteiger partial charge in [-0.1, -0.05) is 43.2 Å². The maximum atomic E-state index is 12.7. The third kappa shape index (κ3) is 6.86. The molecule has 134 valence electrons. The number of hydrogen-bond acceptors (Lipinski definition) is 3. The second kappa shape index (κ2) is 10.3. The van der Waals surface area contributed by atoms with Crippen molar-refractivity contribution in [3.8, 4) is 0 Å². The summed E-state index contributed by atoms with van der Waals surface area (Å²) in [4.78, 5) is 24.7. The summed E-state index contributed by atoms with van der Waals surface area (Å²) in [5, 5.41) is 0. The first-order valence-corrected chi connectivity index (χ1v) is 8.96. The van der Waals surface area contributed by atoms with Crippen LogP contribution in [0.15, 0.2) is 34.9 Å². The summed E-state index contributed by atoms with van der Waals surface area (Å²) in [6, 6.07) is 0. The second-order valence-electron chi connectivity index (χ2n) is 7.13. The number of esters is 1. The van der Waals surface area contributed by atoms with Gasteiger partial charge in [0.05, 0.1) is 7.11 Å². The number of ether oxygens (including phenoxy) is 1. The third-order valence-corrected chi connectivity index (χ3v) is 4.74. The quantitative estimate of drug-likeness (QED) is 0.517. The number of rotatable bonds is 2. The van der Waals surface area contributed by atoms with E-state index in [1.54, 1.807) is 0 Å². The van der Waals surface area contributed by atoms with Gasteiger partial charge in [0.25, 0.3) is 0 Å². The van der Waals surface area contributed by atoms with Gasteiger partial charge in [-0.15, -0.1) is 0 Å². The smallest absolute Gasteiger partial charge is 0.333 e. The number of hydrogen-bond donors (Lipinski definition) is 0. The monoisotopic (exact) mass is 332 g/mol. The lowest BCUT2D eigenvalue weighted by atomic mass is 9.83. The summed E-state index contributed by atoms with van der Waals surface area (Å²) >= 11 is 0. The van der Waals surface area contributed by atoms with Crippen LogP contribution in [0.3, 0.4) is 0 Å². The molecule has 0 saturated heterocycles. The first kappa shape index (κ1) is 20.4. The molecule has 0 aromatic carbocycles. The molecular formula is C21H32O3. The Labute approximate surface area is 146 Å². The van der Waals surface area contributed by atoms with Crippen molar-refractivity contribution in [2.45, 2.75) is 66.2 Å². The fraction of sp³-hybridized carbons (Fsp3) is 0.619. The zero-order valence-electron chi connectivity index (χ0n) is 15.9. The molecule has 0 amide bonds. The topological polar surface area (TPSA) is 43.4 Å². The van der Waals surface area contributed by atoms with Gasteiger partial charge in [-0.2, -0.15) is 0 Å². The van der Waals surface area contributed by atoms with Crippen molar-refractivity contribution in [2.24, 2.45) is 11.8 Å². The lowest BCUT2D eigenvalue weighted by Crippen LogP contribution is -2.22. The summed E-state index contributed by atoms with van der Waals surface area (Å²) < 4.78 is 4.86. The molecule has 0 aliphatic heterocycles. The molecule has 1 rings (SSSR count). The predicted molar refractivity (Wildman–Crippen MR) is 98.7 cm³/mol. The summed E-state index contributed by atoms with van der Waals surface area (Å²) in [7, 11) is 1.37. The molecule has 0 bridgehead atoms. The van der Waals surface area contributed by atoms with E-state index in [0.717, 1.165) is 25.7 Å². The molecular weight excluding hydrogens is 300 g/mol. The highest BCUT2D eigenvalue weighted by Gasteiger charge is 2.24. The first-order valence-electron chi connectivity index (χ1n) is 8.96. The van der Waals surface area contributed by atoms with Gasteiger partial charge in [0.1, 0.15) is 5.78 Å². The standard InChI is InChI=1S/C21H32O3/c1-15(2)19-13-12-17(4)9-6-8-16(3)10-7-11-18(14-20(19)22)21(23)24-5/h9-11,15,19H,6-8,12-14H2,1-5H3. The van der Waals surface area contributed by atoms with E-state index in [2.05, 4.69) is 39.8 Å². The van der Waals surface area contributed by atoms with Crippen molar-refractivity contribution < 1.29 is 14.3 Å². The minimum absolute atomic E-state index is 0.0124. The minimum Gasteiger partial charge on any atom is -0.466 e. The molecule has 0 radical (unpaired) electrons. The van der Waals surface area contributed by atoms with Crippen molar-refractivity contribution in [1.82, 2.24) is 0 Å². The fourth-order valence-electron chi connectivity index (χ4n) is 3.08. The first-order chi connectivity index (χ1) is 11.3. The molecule has 3 nitrogen and oxygen atoms in total. The van der Waals surface area contributed by atoms with Gasteiger partial charge in [0.2, 0.25) is 0 Å². The van der Waals surface area contributed by atoms with E-state index in [1.807, 2.05) is 6.08 Å². The zero-order valence-corrected chi connectivity index (χ0v) is 15.9. The Morgan fingerprint density at radius 1 is 1.12 bits per heavy atom. The van der Waals surface area contributed by atoms with E-state index in [1.165, 1.54) is 18.3 Å². The van der Waals surface area contributed by atoms with Crippen molar-refractivity contribution >= 4 is 11.8 Å². The molecule has 0 aromatic heterocycles. The summed E-state index contributed by atoms with van der Waals surface area (Å²) in [5.74, 6) is 0.0214. The Balaban J connectivity index is 3.07. The molecule has 0 spiro atoms. The van der Waals surface area contributed by atoms with Gasteiger partial charge >= 0.3 is 5.97 Å². The Kier molecular flexibility index (Phi) is 8.73. The van der Waals surface area contributed by atoms with Gasteiger partial charge in [0.15, 0.2) is 0 Å². The minimum atomic E-state index is -0.389. The van der Waals surface area contributed by atoms with Crippen LogP contribution in [-0.4, -0.2) is 18.9 Å². The third-order valence-electron chi connectivity index (χ3n) is 4.74. The van der Waals surface area contributed by atoms with Gasteiger partial charge in [-0.05, 0) is 51.9 Å². The van der Waals surface area contributed by atoms with Crippen LogP contribution in [0.5, 0.6) is 0 Å². The largest absolute Gasteiger partial charge is 0.466 e. The molecule has 1 aliphatic carbocycles. The number of ketones is 1. The van der Waals surface area contributed by atoms with Crippen LogP contribution in [0.25, 0.3) is 0 Å². The normalized spacial score (nSPS) is 21.5. The Bertz CT molecular complexity index is 535. The lowest BCUT2D eigenvalue weighted by molar-refractivity contribution is -0.137. The number of allylic oxidation sites excluding steroid dienone is 5. The van der Waals surface area contributed by atoms with Gasteiger partial charge in [-0.3, -0.25) is 4.79 Å². The number of Topliss-reactive ketones (excluding diaryl/α,β-unsaturated/α-hetero) is 1. The maximum Gasteiger partial charge on any atom is 0.333 e. The van der Waals surface area contributed by atoms with E-state index < -0.39 is 0 Å². The van der Waals surface area contributed by atoms with Crippen molar-refractivity contribution in [3.63, 3.8) is 0 Å². The average Bonchev–Trinajstić information content (AvgIpc) is 2.52. The lowest BCUT2D eigenvalue weighted by Gasteiger charge is -2.20. The Hall–Kier alpha value is -1.64. The van der Waals surface area contributed by atoms with Gasteiger partial charge in [-0.25, -0.2) is 4.79 Å². The van der Waals surface area contributed by atoms with E-state index >= 15 is 0 Å². The number of carbonyl (C=O) groups excluding carboxylic acids is 2. The number of methoxy groups -OCH3 is 1. The highest BCUT2D eigenvalue weighted by molar-refractivity contribution is 5.96. The van der Waals surface area contributed by atoms with Crippen molar-refractivity contribution in [3.05, 3.63) is 34.9 Å². The van der Waals surface area contributed by atoms with Crippen LogP contribution in [0.4, 0.5) is 0 Å². The predicted octanol–water partition coefficient (Wildman–Crippen LogP) is 5.17. The van der Waals surface area contributed by atoms with E-state index in [0.29, 0.717) is 12.0 Å². The average molecular weight is 332 g/mol. The number of carbonyl (C=O) groups is 2. The Morgan fingerprint density at radius 3 is 2.42 bits per heavy atom. The molecule has 0 saturated carbocycles. The van der Waals surface area contributed by atoms with E-state index in [-0.39, 0.29) is 30.0 Å². The van der Waals surface area contributed by atoms with Crippen LogP contribution in [0, 0.1) is 11.8 Å². The molecule has 1 unspecified atom stereocenters. The van der Waals surface area contributed by atoms with Crippen molar-refractivity contribution in [1.29, 1.82) is 0 Å². The molecule has 1 aliphatic rings. The molecule has 1 atom stereocenters. The van der Waals surface area contributed by atoms with E-state index in [4.69, 9.17) is 4.74 Å². The molecule has 0 heterocycles. The summed E-state index contributed by atoms with van der Waals surface area (Å²) in [5.41, 5.74) is 3.14. The van der Waals surface area contributed by atoms with Crippen LogP contribution in [0.2, 0.25) is 0 Å². The summed E-state index contributed by atoms with van der Waals surface area (Å²) in [6.45, 7) is 8.42. The zero-order chi connectivity index (χ0) is 18.1. The Morgan fingerprint density at radius 2 is 1.79 bits per heavy atom. The van der Waals surface area contributed by atoms with Crippen LogP contribution >= 0.6 is 0 Å². The van der Waals surface area contributed by atoms with Crippen LogP contribution < -0.4 is 0 Å². The molecule has 0 fully saturated rings. The van der Waals surface area contributed by atoms with Crippen LogP contribution in [0.1, 0.15) is 66.2 Å². The molecule has 0 aromatic rings. The van der Waals surface area contributed by atoms with Crippen LogP contribution in [-0.2, 0) is 14.3 Å².